The second-order valence-electron chi connectivity index (χ2n) is 5.56. The lowest BCUT2D eigenvalue weighted by Crippen LogP contribution is -2.24. The number of nitrogens with one attached hydrogen (secondary N) is 1. The Labute approximate surface area is 117 Å². The van der Waals surface area contributed by atoms with Gasteiger partial charge in [0.1, 0.15) is 0 Å². The molecule has 0 aliphatic heterocycles. The maximum atomic E-state index is 5.06. The molecule has 0 radical (unpaired) electrons. The summed E-state index contributed by atoms with van der Waals surface area (Å²) < 4.78 is 6.28. The molecule has 1 aromatic rings. The topological polar surface area (TPSA) is 21.3 Å². The molecule has 2 unspecified atom stereocenters. The fourth-order valence-electron chi connectivity index (χ4n) is 3.48. The summed E-state index contributed by atoms with van der Waals surface area (Å²) in [6.07, 6.45) is 3.96. The summed E-state index contributed by atoms with van der Waals surface area (Å²) in [4.78, 5) is 0. The van der Waals surface area contributed by atoms with Gasteiger partial charge in [0.25, 0.3) is 0 Å². The van der Waals surface area contributed by atoms with E-state index < -0.39 is 0 Å². The predicted molar refractivity (Wildman–Crippen MR) is 77.0 cm³/mol. The zero-order valence-electron chi connectivity index (χ0n) is 10.8. The van der Waals surface area contributed by atoms with E-state index >= 15 is 0 Å². The third-order valence-electron chi connectivity index (χ3n) is 4.55. The Morgan fingerprint density at radius 2 is 2.39 bits per heavy atom. The van der Waals surface area contributed by atoms with Crippen molar-refractivity contribution < 1.29 is 4.74 Å². The number of benzene rings is 1. The van der Waals surface area contributed by atoms with E-state index in [0.717, 1.165) is 25.6 Å². The van der Waals surface area contributed by atoms with Crippen LogP contribution >= 0.6 is 15.9 Å². The van der Waals surface area contributed by atoms with E-state index in [4.69, 9.17) is 4.74 Å². The maximum Gasteiger partial charge on any atom is 0.0587 e. The lowest BCUT2D eigenvalue weighted by atomic mass is 9.95. The number of methoxy groups -OCH3 is 1. The molecule has 18 heavy (non-hydrogen) atoms. The fraction of sp³-hybridized carbons (Fsp3) is 0.600. The number of fused-ring (bicyclic) bond motifs is 2. The first kappa shape index (κ1) is 12.6. The second kappa shape index (κ2) is 4.95. The van der Waals surface area contributed by atoms with Crippen molar-refractivity contribution in [2.75, 3.05) is 26.8 Å². The van der Waals surface area contributed by atoms with Crippen molar-refractivity contribution >= 4 is 15.9 Å². The Balaban J connectivity index is 1.63. The molecule has 1 spiro atoms. The smallest absolute Gasteiger partial charge is 0.0587 e. The largest absolute Gasteiger partial charge is 0.383 e. The maximum absolute atomic E-state index is 5.06. The fourth-order valence-corrected chi connectivity index (χ4v) is 3.89. The van der Waals surface area contributed by atoms with Crippen molar-refractivity contribution in [2.24, 2.45) is 5.92 Å². The summed E-state index contributed by atoms with van der Waals surface area (Å²) in [7, 11) is 1.76. The van der Waals surface area contributed by atoms with Gasteiger partial charge in [-0.25, -0.2) is 0 Å². The predicted octanol–water partition coefficient (Wildman–Crippen LogP) is 2.89. The van der Waals surface area contributed by atoms with Crippen molar-refractivity contribution in [1.29, 1.82) is 0 Å². The van der Waals surface area contributed by atoms with Crippen LogP contribution in [-0.4, -0.2) is 26.8 Å². The number of halogens is 1. The Bertz CT molecular complexity index is 448. The quantitative estimate of drug-likeness (QED) is 0.845. The van der Waals surface area contributed by atoms with E-state index in [1.165, 1.54) is 23.7 Å². The molecule has 0 saturated heterocycles. The van der Waals surface area contributed by atoms with Gasteiger partial charge in [-0.05, 0) is 55.0 Å². The van der Waals surface area contributed by atoms with Crippen LogP contribution in [0.15, 0.2) is 22.7 Å². The Morgan fingerprint density at radius 3 is 3.22 bits per heavy atom. The van der Waals surface area contributed by atoms with Gasteiger partial charge in [0.15, 0.2) is 0 Å². The summed E-state index contributed by atoms with van der Waals surface area (Å²) in [5.41, 5.74) is 3.68. The molecule has 0 bridgehead atoms. The average molecular weight is 310 g/mol. The average Bonchev–Trinajstić information content (AvgIpc) is 2.94. The van der Waals surface area contributed by atoms with E-state index in [1.54, 1.807) is 18.2 Å². The SMILES string of the molecule is COCCNCC1CC12CCc1cc(Br)ccc12. The number of rotatable bonds is 5. The molecule has 3 rings (SSSR count). The molecule has 3 heteroatoms. The summed E-state index contributed by atoms with van der Waals surface area (Å²) in [5.74, 6) is 0.830. The molecule has 1 N–H and O–H groups in total. The zero-order chi connectivity index (χ0) is 12.6. The zero-order valence-corrected chi connectivity index (χ0v) is 12.4. The van der Waals surface area contributed by atoms with Crippen molar-refractivity contribution in [3.8, 4) is 0 Å². The monoisotopic (exact) mass is 309 g/mol. The minimum Gasteiger partial charge on any atom is -0.383 e. The third-order valence-corrected chi connectivity index (χ3v) is 5.04. The minimum atomic E-state index is 0.510. The van der Waals surface area contributed by atoms with E-state index in [-0.39, 0.29) is 0 Å². The third kappa shape index (κ3) is 2.13. The molecule has 0 heterocycles. The minimum absolute atomic E-state index is 0.510. The first-order valence-electron chi connectivity index (χ1n) is 6.75. The van der Waals surface area contributed by atoms with Crippen LogP contribution in [-0.2, 0) is 16.6 Å². The molecule has 2 atom stereocenters. The molecule has 0 amide bonds. The van der Waals surface area contributed by atoms with Gasteiger partial charge in [-0.1, -0.05) is 22.0 Å². The molecular weight excluding hydrogens is 290 g/mol. The lowest BCUT2D eigenvalue weighted by Gasteiger charge is -2.12. The summed E-state index contributed by atoms with van der Waals surface area (Å²) in [6.45, 7) is 2.92. The van der Waals surface area contributed by atoms with Gasteiger partial charge in [-0.15, -0.1) is 0 Å². The van der Waals surface area contributed by atoms with Crippen LogP contribution in [0.3, 0.4) is 0 Å². The molecule has 2 nitrogen and oxygen atoms in total. The van der Waals surface area contributed by atoms with Crippen LogP contribution in [0.5, 0.6) is 0 Å². The van der Waals surface area contributed by atoms with Gasteiger partial charge in [-0.2, -0.15) is 0 Å². The summed E-state index contributed by atoms with van der Waals surface area (Å²) >= 11 is 3.57. The van der Waals surface area contributed by atoms with E-state index in [9.17, 15) is 0 Å². The van der Waals surface area contributed by atoms with Crippen molar-refractivity contribution in [3.63, 3.8) is 0 Å². The van der Waals surface area contributed by atoms with Gasteiger partial charge in [0, 0.05) is 23.5 Å². The lowest BCUT2D eigenvalue weighted by molar-refractivity contribution is 0.199. The Hall–Kier alpha value is -0.380. The van der Waals surface area contributed by atoms with Crippen molar-refractivity contribution in [2.45, 2.75) is 24.7 Å². The number of hydrogen-bond acceptors (Lipinski definition) is 2. The molecule has 0 aromatic heterocycles. The van der Waals surface area contributed by atoms with Crippen molar-refractivity contribution in [3.05, 3.63) is 33.8 Å². The molecule has 98 valence electrons. The van der Waals surface area contributed by atoms with Gasteiger partial charge >= 0.3 is 0 Å². The van der Waals surface area contributed by atoms with E-state index in [2.05, 4.69) is 39.4 Å². The summed E-state index contributed by atoms with van der Waals surface area (Å²) in [5, 5.41) is 3.51. The molecule has 1 fully saturated rings. The molecule has 1 saturated carbocycles. The number of aryl methyl sites for hydroxylation is 1. The van der Waals surface area contributed by atoms with Crippen molar-refractivity contribution in [1.82, 2.24) is 5.32 Å². The number of ether oxygens (including phenoxy) is 1. The van der Waals surface area contributed by atoms with Crippen LogP contribution in [0, 0.1) is 5.92 Å². The Morgan fingerprint density at radius 1 is 1.50 bits per heavy atom. The first-order chi connectivity index (χ1) is 8.76. The molecule has 1 aromatic carbocycles. The van der Waals surface area contributed by atoms with Gasteiger partial charge < -0.3 is 10.1 Å². The van der Waals surface area contributed by atoms with Crippen LogP contribution in [0.1, 0.15) is 24.0 Å². The highest BCUT2D eigenvalue weighted by atomic mass is 79.9. The highest BCUT2D eigenvalue weighted by molar-refractivity contribution is 9.10. The highest BCUT2D eigenvalue weighted by Crippen LogP contribution is 2.61. The molecule has 2 aliphatic rings. The second-order valence-corrected chi connectivity index (χ2v) is 6.47. The Kier molecular flexibility index (Phi) is 3.48. The normalized spacial score (nSPS) is 28.7. The van der Waals surface area contributed by atoms with E-state index in [1.807, 2.05) is 0 Å². The van der Waals surface area contributed by atoms with Crippen LogP contribution in [0.2, 0.25) is 0 Å². The van der Waals surface area contributed by atoms with Crippen LogP contribution < -0.4 is 5.32 Å². The van der Waals surface area contributed by atoms with Gasteiger partial charge in [-0.3, -0.25) is 0 Å². The highest BCUT2D eigenvalue weighted by Gasteiger charge is 2.57. The van der Waals surface area contributed by atoms with Gasteiger partial charge in [0.05, 0.1) is 6.61 Å². The van der Waals surface area contributed by atoms with Gasteiger partial charge in [0.2, 0.25) is 0 Å². The molecular formula is C15H20BrNO. The first-order valence-corrected chi connectivity index (χ1v) is 7.54. The van der Waals surface area contributed by atoms with E-state index in [0.29, 0.717) is 5.41 Å². The number of hydrogen-bond donors (Lipinski definition) is 1. The summed E-state index contributed by atoms with van der Waals surface area (Å²) in [6, 6.07) is 6.83. The van der Waals surface area contributed by atoms with Crippen LogP contribution in [0.4, 0.5) is 0 Å². The molecule has 2 aliphatic carbocycles. The van der Waals surface area contributed by atoms with Crippen LogP contribution in [0.25, 0.3) is 0 Å². The standard InChI is InChI=1S/C15H20BrNO/c1-18-7-6-17-10-12-9-15(12)5-4-11-8-13(16)2-3-14(11)15/h2-3,8,12,17H,4-7,9-10H2,1H3.